The summed E-state index contributed by atoms with van der Waals surface area (Å²) in [5.41, 5.74) is 4.77. The van der Waals surface area contributed by atoms with E-state index in [1.165, 1.54) is 5.56 Å². The quantitative estimate of drug-likeness (QED) is 0.227. The third-order valence-corrected chi connectivity index (χ3v) is 5.91. The molecule has 0 saturated heterocycles. The van der Waals surface area contributed by atoms with E-state index in [1.807, 2.05) is 36.9 Å². The van der Waals surface area contributed by atoms with Crippen molar-refractivity contribution in [3.05, 3.63) is 71.6 Å². The first-order chi connectivity index (χ1) is 15.1. The Hall–Kier alpha value is -3.34. The summed E-state index contributed by atoms with van der Waals surface area (Å²) in [6, 6.07) is 13.2. The van der Waals surface area contributed by atoms with Crippen LogP contribution in [-0.2, 0) is 13.5 Å². The highest BCUT2D eigenvalue weighted by molar-refractivity contribution is 6.11. The maximum atomic E-state index is 14.6. The molecule has 0 spiro atoms. The lowest BCUT2D eigenvalue weighted by Crippen LogP contribution is -2.30. The Morgan fingerprint density at radius 2 is 1.75 bits per heavy atom. The molecular weight excluding hydrogens is 406 g/mol. The zero-order chi connectivity index (χ0) is 22.8. The Bertz CT molecular complexity index is 1530. The number of rotatable bonds is 2. The van der Waals surface area contributed by atoms with Crippen LogP contribution in [0.3, 0.4) is 0 Å². The molecule has 0 N–H and O–H groups in total. The smallest absolute Gasteiger partial charge is 0.232 e. The minimum atomic E-state index is -0.894. The number of hydrogen-bond acceptors (Lipinski definition) is 2. The van der Waals surface area contributed by atoms with Gasteiger partial charge in [-0.05, 0) is 41.3 Å². The van der Waals surface area contributed by atoms with Crippen LogP contribution in [0.5, 0.6) is 0 Å². The maximum absolute atomic E-state index is 14.6. The lowest BCUT2D eigenvalue weighted by Gasteiger charge is -2.18. The molecule has 0 aliphatic rings. The summed E-state index contributed by atoms with van der Waals surface area (Å²) in [5, 5.41) is 3.00. The fourth-order valence-electron chi connectivity index (χ4n) is 4.61. The Kier molecular flexibility index (Phi) is 4.55. The van der Waals surface area contributed by atoms with E-state index in [-0.39, 0.29) is 16.5 Å². The molecule has 5 heteroatoms. The van der Waals surface area contributed by atoms with Crippen LogP contribution in [0, 0.1) is 24.1 Å². The molecule has 2 aromatic carbocycles. The fourth-order valence-corrected chi connectivity index (χ4v) is 4.61. The van der Waals surface area contributed by atoms with Gasteiger partial charge in [-0.25, -0.2) is 8.96 Å². The van der Waals surface area contributed by atoms with Crippen LogP contribution in [0.4, 0.5) is 8.78 Å². The van der Waals surface area contributed by atoms with Crippen LogP contribution in [0.15, 0.2) is 53.1 Å². The van der Waals surface area contributed by atoms with Gasteiger partial charge in [0.25, 0.3) is 0 Å². The van der Waals surface area contributed by atoms with Gasteiger partial charge in [-0.2, -0.15) is 9.37 Å². The molecule has 0 atom stereocenters. The second-order valence-corrected chi connectivity index (χ2v) is 9.78. The van der Waals surface area contributed by atoms with Gasteiger partial charge in [-0.1, -0.05) is 45.0 Å². The van der Waals surface area contributed by atoms with Crippen molar-refractivity contribution in [3.8, 4) is 11.3 Å². The molecule has 0 radical (unpaired) electrons. The Labute approximate surface area is 185 Å². The lowest BCUT2D eigenvalue weighted by atomic mass is 9.87. The summed E-state index contributed by atoms with van der Waals surface area (Å²) in [4.78, 5) is 3.79. The number of halogens is 2. The van der Waals surface area contributed by atoms with Crippen molar-refractivity contribution in [2.24, 2.45) is 12.5 Å². The highest BCUT2D eigenvalue weighted by Crippen LogP contribution is 2.39. The molecule has 3 aromatic heterocycles. The number of pyridine rings is 2. The first-order valence-corrected chi connectivity index (χ1v) is 10.7. The zero-order valence-corrected chi connectivity index (χ0v) is 18.9. The van der Waals surface area contributed by atoms with Crippen molar-refractivity contribution in [1.82, 2.24) is 4.98 Å². The van der Waals surface area contributed by atoms with Crippen LogP contribution in [0.1, 0.15) is 31.9 Å². The monoisotopic (exact) mass is 431 g/mol. The Balaban J connectivity index is 1.83. The van der Waals surface area contributed by atoms with E-state index in [0.717, 1.165) is 40.1 Å². The average molecular weight is 432 g/mol. The third-order valence-electron chi connectivity index (χ3n) is 5.91. The molecule has 0 bridgehead atoms. The third kappa shape index (κ3) is 3.32. The zero-order valence-electron chi connectivity index (χ0n) is 18.9. The van der Waals surface area contributed by atoms with Gasteiger partial charge in [0.15, 0.2) is 11.8 Å². The summed E-state index contributed by atoms with van der Waals surface area (Å²) >= 11 is 0. The molecule has 0 fully saturated rings. The first kappa shape index (κ1) is 20.6. The van der Waals surface area contributed by atoms with Gasteiger partial charge in [-0.3, -0.25) is 0 Å². The van der Waals surface area contributed by atoms with Crippen LogP contribution in [-0.4, -0.2) is 4.98 Å². The number of furan rings is 1. The molecule has 0 aliphatic carbocycles. The molecule has 5 rings (SSSR count). The van der Waals surface area contributed by atoms with Crippen LogP contribution in [0.2, 0.25) is 0 Å². The van der Waals surface area contributed by atoms with Crippen molar-refractivity contribution in [2.75, 3.05) is 0 Å². The van der Waals surface area contributed by atoms with Crippen molar-refractivity contribution in [1.29, 1.82) is 0 Å². The van der Waals surface area contributed by atoms with Crippen molar-refractivity contribution >= 4 is 32.8 Å². The van der Waals surface area contributed by atoms with Crippen molar-refractivity contribution in [2.45, 2.75) is 34.1 Å². The number of aromatic nitrogens is 2. The second-order valence-electron chi connectivity index (χ2n) is 9.78. The summed E-state index contributed by atoms with van der Waals surface area (Å²) < 4.78 is 36.4. The van der Waals surface area contributed by atoms with Gasteiger partial charge in [0.2, 0.25) is 17.4 Å². The van der Waals surface area contributed by atoms with Crippen LogP contribution < -0.4 is 4.57 Å². The summed E-state index contributed by atoms with van der Waals surface area (Å²) in [6.45, 7) is 8.69. The van der Waals surface area contributed by atoms with E-state index in [2.05, 4.69) is 50.0 Å². The minimum Gasteiger partial charge on any atom is -0.437 e. The molecule has 5 aromatic rings. The van der Waals surface area contributed by atoms with Gasteiger partial charge in [-0.15, -0.1) is 0 Å². The van der Waals surface area contributed by atoms with Crippen LogP contribution in [0.25, 0.3) is 44.1 Å². The number of benzene rings is 2. The standard InChI is InChI=1S/C27H25F2N2O/c1-15-6-8-19-23-20(28)13-21(29)30-26(23)32-25(19)22(15)24-18-9-7-16(14-27(2,3)4)12-17(18)10-11-31(24)5/h6-13H,14H2,1-5H3/q+1. The lowest BCUT2D eigenvalue weighted by molar-refractivity contribution is -0.659. The van der Waals surface area contributed by atoms with E-state index < -0.39 is 11.8 Å². The Morgan fingerprint density at radius 3 is 2.50 bits per heavy atom. The highest BCUT2D eigenvalue weighted by atomic mass is 19.1. The Morgan fingerprint density at radius 1 is 1.00 bits per heavy atom. The number of aryl methyl sites for hydroxylation is 2. The maximum Gasteiger partial charge on any atom is 0.232 e. The van der Waals surface area contributed by atoms with Gasteiger partial charge < -0.3 is 4.42 Å². The number of nitrogens with zero attached hydrogens (tertiary/aromatic N) is 2. The largest absolute Gasteiger partial charge is 0.437 e. The van der Waals surface area contributed by atoms with Gasteiger partial charge in [0.1, 0.15) is 12.9 Å². The van der Waals surface area contributed by atoms with E-state index >= 15 is 0 Å². The minimum absolute atomic E-state index is 0.0281. The van der Waals surface area contributed by atoms with Gasteiger partial charge >= 0.3 is 0 Å². The molecule has 0 aliphatic heterocycles. The summed E-state index contributed by atoms with van der Waals surface area (Å²) in [7, 11) is 1.98. The van der Waals surface area contributed by atoms with Crippen LogP contribution >= 0.6 is 0 Å². The molecule has 162 valence electrons. The molecule has 3 nitrogen and oxygen atoms in total. The predicted molar refractivity (Wildman–Crippen MR) is 123 cm³/mol. The second kappa shape index (κ2) is 7.09. The molecule has 0 unspecified atom stereocenters. The van der Waals surface area contributed by atoms with Crippen molar-refractivity contribution in [3.63, 3.8) is 0 Å². The van der Waals surface area contributed by atoms with Gasteiger partial charge in [0, 0.05) is 17.5 Å². The summed E-state index contributed by atoms with van der Waals surface area (Å²) in [6.07, 6.45) is 3.01. The normalized spacial score (nSPS) is 12.3. The SMILES string of the molecule is Cc1ccc2c(oc3nc(F)cc(F)c32)c1-c1c2ccc(CC(C)(C)C)cc2cc[n+]1C. The van der Waals surface area contributed by atoms with E-state index in [0.29, 0.717) is 11.0 Å². The molecular formula is C27H25F2N2O+. The van der Waals surface area contributed by atoms with E-state index in [4.69, 9.17) is 4.42 Å². The predicted octanol–water partition coefficient (Wildman–Crippen LogP) is 6.80. The van der Waals surface area contributed by atoms with E-state index in [1.54, 1.807) is 0 Å². The highest BCUT2D eigenvalue weighted by Gasteiger charge is 2.25. The van der Waals surface area contributed by atoms with Crippen molar-refractivity contribution < 1.29 is 17.8 Å². The van der Waals surface area contributed by atoms with Gasteiger partial charge in [0.05, 0.1) is 16.3 Å². The summed E-state index contributed by atoms with van der Waals surface area (Å²) in [5.74, 6) is -1.57. The first-order valence-electron chi connectivity index (χ1n) is 10.7. The molecule has 0 amide bonds. The number of fused-ring (bicyclic) bond motifs is 4. The fraction of sp³-hybridized carbons (Fsp3) is 0.259. The average Bonchev–Trinajstić information content (AvgIpc) is 3.06. The molecule has 3 heterocycles. The number of hydrogen-bond donors (Lipinski definition) is 0. The topological polar surface area (TPSA) is 29.9 Å². The van der Waals surface area contributed by atoms with E-state index in [9.17, 15) is 8.78 Å². The molecule has 0 saturated carbocycles. The molecule has 32 heavy (non-hydrogen) atoms.